The average molecular weight is 531 g/mol. The Morgan fingerprint density at radius 1 is 0.923 bits per heavy atom. The third kappa shape index (κ3) is 5.11. The van der Waals surface area contributed by atoms with Crippen molar-refractivity contribution in [1.82, 2.24) is 20.0 Å². The molecule has 0 spiro atoms. The zero-order valence-electron chi connectivity index (χ0n) is 22.4. The maximum Gasteiger partial charge on any atom is 0.262 e. The van der Waals surface area contributed by atoms with E-state index in [1.165, 1.54) is 0 Å². The second-order valence-corrected chi connectivity index (χ2v) is 10.5. The molecule has 2 aromatic carbocycles. The fraction of sp³-hybridized carbons (Fsp3) is 0.433. The van der Waals surface area contributed by atoms with Crippen molar-refractivity contribution in [2.75, 3.05) is 26.2 Å². The molecule has 9 heteroatoms. The summed E-state index contributed by atoms with van der Waals surface area (Å²) in [6.45, 7) is 7.86. The van der Waals surface area contributed by atoms with Crippen molar-refractivity contribution < 1.29 is 24.0 Å². The zero-order valence-corrected chi connectivity index (χ0v) is 22.4. The first kappa shape index (κ1) is 26.7. The van der Waals surface area contributed by atoms with E-state index in [0.29, 0.717) is 25.2 Å². The molecule has 1 unspecified atom stereocenters. The van der Waals surface area contributed by atoms with Crippen LogP contribution in [0.2, 0.25) is 0 Å². The summed E-state index contributed by atoms with van der Waals surface area (Å²) in [5.74, 6) is -1.69. The van der Waals surface area contributed by atoms with Crippen LogP contribution in [-0.4, -0.2) is 76.5 Å². The minimum Gasteiger partial charge on any atom is -0.340 e. The predicted octanol–water partition coefficient (Wildman–Crippen LogP) is 2.84. The molecule has 2 fully saturated rings. The Kier molecular flexibility index (Phi) is 7.61. The molecule has 1 atom stereocenters. The molecule has 9 nitrogen and oxygen atoms in total. The van der Waals surface area contributed by atoms with Crippen molar-refractivity contribution in [1.29, 1.82) is 0 Å². The molecular formula is C30H34N4O5. The molecule has 204 valence electrons. The molecule has 5 rings (SSSR count). The van der Waals surface area contributed by atoms with Crippen molar-refractivity contribution in [3.05, 3.63) is 59.2 Å². The molecule has 3 aliphatic heterocycles. The largest absolute Gasteiger partial charge is 0.340 e. The van der Waals surface area contributed by atoms with Gasteiger partial charge in [0.2, 0.25) is 17.7 Å². The second-order valence-electron chi connectivity index (χ2n) is 10.5. The summed E-state index contributed by atoms with van der Waals surface area (Å²) < 4.78 is 0. The summed E-state index contributed by atoms with van der Waals surface area (Å²) >= 11 is 0. The van der Waals surface area contributed by atoms with Gasteiger partial charge in [-0.2, -0.15) is 0 Å². The number of imide groups is 2. The fourth-order valence-corrected chi connectivity index (χ4v) is 5.87. The Balaban J connectivity index is 1.32. The van der Waals surface area contributed by atoms with Crippen LogP contribution >= 0.6 is 0 Å². The van der Waals surface area contributed by atoms with Crippen LogP contribution in [0.3, 0.4) is 0 Å². The summed E-state index contributed by atoms with van der Waals surface area (Å²) in [7, 11) is 0. The molecule has 2 saturated heterocycles. The maximum atomic E-state index is 13.5. The van der Waals surface area contributed by atoms with Crippen LogP contribution in [0.15, 0.2) is 42.5 Å². The number of hydrogen-bond donors (Lipinski definition) is 1. The number of piperidine rings is 1. The maximum absolute atomic E-state index is 13.5. The van der Waals surface area contributed by atoms with Gasteiger partial charge >= 0.3 is 0 Å². The number of benzene rings is 2. The van der Waals surface area contributed by atoms with E-state index in [1.54, 1.807) is 12.1 Å². The van der Waals surface area contributed by atoms with E-state index in [1.807, 2.05) is 35.2 Å². The highest BCUT2D eigenvalue weighted by Crippen LogP contribution is 2.35. The SMILES string of the molecule is CCC(CC)C(=O)N1CCN(Cc2cccc(-c3cccc4c3C(=O)N(C3CCC(=O)NC3=O)C4=O)c2)CC1. The summed E-state index contributed by atoms with van der Waals surface area (Å²) in [4.78, 5) is 68.8. The number of nitrogens with zero attached hydrogens (tertiary/aromatic N) is 3. The first-order valence-corrected chi connectivity index (χ1v) is 13.8. The lowest BCUT2D eigenvalue weighted by atomic mass is 9.95. The van der Waals surface area contributed by atoms with Crippen LogP contribution < -0.4 is 5.32 Å². The molecule has 1 N–H and O–H groups in total. The molecule has 0 radical (unpaired) electrons. The van der Waals surface area contributed by atoms with Crippen LogP contribution in [-0.2, 0) is 20.9 Å². The van der Waals surface area contributed by atoms with E-state index in [9.17, 15) is 24.0 Å². The minimum atomic E-state index is -0.996. The highest BCUT2D eigenvalue weighted by Gasteiger charge is 2.45. The van der Waals surface area contributed by atoms with E-state index in [-0.39, 0.29) is 35.8 Å². The number of nitrogens with one attached hydrogen (secondary N) is 1. The number of carbonyl (C=O) groups excluding carboxylic acids is 5. The Hall–Kier alpha value is -3.85. The van der Waals surface area contributed by atoms with Crippen LogP contribution in [0, 0.1) is 5.92 Å². The first-order chi connectivity index (χ1) is 18.8. The molecular weight excluding hydrogens is 496 g/mol. The predicted molar refractivity (Wildman–Crippen MR) is 144 cm³/mol. The van der Waals surface area contributed by atoms with E-state index in [2.05, 4.69) is 24.1 Å². The van der Waals surface area contributed by atoms with Crippen molar-refractivity contribution in [2.45, 2.75) is 52.1 Å². The van der Waals surface area contributed by atoms with Gasteiger partial charge in [-0.25, -0.2) is 0 Å². The van der Waals surface area contributed by atoms with Crippen molar-refractivity contribution >= 4 is 29.5 Å². The second kappa shape index (κ2) is 11.1. The lowest BCUT2D eigenvalue weighted by Crippen LogP contribution is -2.54. The molecule has 39 heavy (non-hydrogen) atoms. The topological polar surface area (TPSA) is 107 Å². The molecule has 0 saturated carbocycles. The fourth-order valence-electron chi connectivity index (χ4n) is 5.87. The van der Waals surface area contributed by atoms with Gasteiger partial charge in [0.15, 0.2) is 0 Å². The van der Waals surface area contributed by atoms with Crippen LogP contribution in [0.1, 0.15) is 65.8 Å². The van der Waals surface area contributed by atoms with E-state index >= 15 is 0 Å². The van der Waals surface area contributed by atoms with Gasteiger partial charge in [0.25, 0.3) is 11.8 Å². The van der Waals surface area contributed by atoms with E-state index in [4.69, 9.17) is 0 Å². The van der Waals surface area contributed by atoms with E-state index in [0.717, 1.165) is 42.0 Å². The number of piperazine rings is 1. The first-order valence-electron chi connectivity index (χ1n) is 13.8. The summed E-state index contributed by atoms with van der Waals surface area (Å²) in [5.41, 5.74) is 3.09. The van der Waals surface area contributed by atoms with Gasteiger partial charge in [-0.15, -0.1) is 0 Å². The molecule has 2 aromatic rings. The van der Waals surface area contributed by atoms with E-state index < -0.39 is 29.7 Å². The quantitative estimate of drug-likeness (QED) is 0.552. The highest BCUT2D eigenvalue weighted by atomic mass is 16.2. The molecule has 5 amide bonds. The van der Waals surface area contributed by atoms with Gasteiger partial charge < -0.3 is 4.90 Å². The summed E-state index contributed by atoms with van der Waals surface area (Å²) in [6, 6.07) is 12.1. The molecule has 3 aliphatic rings. The lowest BCUT2D eigenvalue weighted by molar-refractivity contribution is -0.138. The number of rotatable bonds is 7. The third-order valence-electron chi connectivity index (χ3n) is 8.13. The smallest absolute Gasteiger partial charge is 0.262 e. The monoisotopic (exact) mass is 530 g/mol. The van der Waals surface area contributed by atoms with Crippen LogP contribution in [0.25, 0.3) is 11.1 Å². The molecule has 3 heterocycles. The Morgan fingerprint density at radius 2 is 1.62 bits per heavy atom. The standard InChI is InChI=1S/C30H34N4O5/c1-3-20(4-2)28(37)33-15-13-32(14-16-33)18-19-7-5-8-21(17-19)22-9-6-10-23-26(22)30(39)34(29(23)38)24-11-12-25(35)31-27(24)36/h5-10,17,20,24H,3-4,11-16,18H2,1-2H3,(H,31,35,36). The van der Waals surface area contributed by atoms with Gasteiger partial charge in [-0.1, -0.05) is 44.2 Å². The minimum absolute atomic E-state index is 0.0823. The number of fused-ring (bicyclic) bond motifs is 1. The molecule has 0 bridgehead atoms. The number of amides is 5. The van der Waals surface area contributed by atoms with Gasteiger partial charge in [0.1, 0.15) is 6.04 Å². The lowest BCUT2D eigenvalue weighted by Gasteiger charge is -2.36. The van der Waals surface area contributed by atoms with Crippen LogP contribution in [0.5, 0.6) is 0 Å². The Morgan fingerprint density at radius 3 is 2.31 bits per heavy atom. The van der Waals surface area contributed by atoms with Gasteiger partial charge in [-0.05, 0) is 48.1 Å². The third-order valence-corrected chi connectivity index (χ3v) is 8.13. The van der Waals surface area contributed by atoms with Gasteiger partial charge in [0, 0.05) is 45.1 Å². The Bertz CT molecular complexity index is 1330. The van der Waals surface area contributed by atoms with Crippen molar-refractivity contribution in [3.63, 3.8) is 0 Å². The van der Waals surface area contributed by atoms with Gasteiger partial charge in [-0.3, -0.25) is 39.1 Å². The number of carbonyl (C=O) groups is 5. The normalized spacial score (nSPS) is 20.0. The number of hydrogen-bond acceptors (Lipinski definition) is 6. The van der Waals surface area contributed by atoms with Gasteiger partial charge in [0.05, 0.1) is 11.1 Å². The average Bonchev–Trinajstić information content (AvgIpc) is 3.19. The zero-order chi connectivity index (χ0) is 27.7. The van der Waals surface area contributed by atoms with Crippen molar-refractivity contribution in [2.24, 2.45) is 5.92 Å². The Labute approximate surface area is 228 Å². The summed E-state index contributed by atoms with van der Waals surface area (Å²) in [6.07, 6.45) is 1.94. The molecule has 0 aliphatic carbocycles. The summed E-state index contributed by atoms with van der Waals surface area (Å²) in [5, 5.41) is 2.24. The highest BCUT2D eigenvalue weighted by molar-refractivity contribution is 6.25. The van der Waals surface area contributed by atoms with Crippen molar-refractivity contribution in [3.8, 4) is 11.1 Å². The molecule has 0 aromatic heterocycles. The van der Waals surface area contributed by atoms with Crippen LogP contribution in [0.4, 0.5) is 0 Å².